The van der Waals surface area contributed by atoms with Gasteiger partial charge in [-0.15, -0.1) is 0 Å². The largest absolute Gasteiger partial charge is 0.416 e. The molecule has 0 spiro atoms. The molecule has 1 saturated carbocycles. The first-order valence-corrected chi connectivity index (χ1v) is 10.4. The zero-order valence-corrected chi connectivity index (χ0v) is 16.7. The van der Waals surface area contributed by atoms with Gasteiger partial charge < -0.3 is 4.52 Å². The summed E-state index contributed by atoms with van der Waals surface area (Å²) in [6.45, 7) is 4.11. The molecule has 28 heavy (non-hydrogen) atoms. The van der Waals surface area contributed by atoms with Crippen LogP contribution in [0, 0.1) is 5.92 Å². The highest BCUT2D eigenvalue weighted by atomic mass is 19.4. The highest BCUT2D eigenvalue weighted by Gasteiger charge is 2.34. The van der Waals surface area contributed by atoms with Gasteiger partial charge in [-0.05, 0) is 36.8 Å². The number of hydrogen-bond acceptors (Lipinski definition) is 3. The Balaban J connectivity index is 1.79. The molecule has 1 aliphatic carbocycles. The minimum atomic E-state index is -4.39. The van der Waals surface area contributed by atoms with E-state index >= 15 is 0 Å². The van der Waals surface area contributed by atoms with Crippen molar-refractivity contribution in [3.63, 3.8) is 0 Å². The molecule has 1 aliphatic rings. The number of alkyl halides is 3. The van der Waals surface area contributed by atoms with E-state index in [-0.39, 0.29) is 11.7 Å². The predicted molar refractivity (Wildman–Crippen MR) is 103 cm³/mol. The summed E-state index contributed by atoms with van der Waals surface area (Å²) in [5.41, 5.74) is 0.145. The molecular weight excluding hydrogens is 365 g/mol. The van der Waals surface area contributed by atoms with Crippen LogP contribution in [-0.2, 0) is 12.6 Å². The van der Waals surface area contributed by atoms with Crippen molar-refractivity contribution in [2.75, 3.05) is 0 Å². The molecule has 0 aliphatic heterocycles. The Morgan fingerprint density at radius 3 is 2.64 bits per heavy atom. The average Bonchev–Trinajstić information content (AvgIpc) is 3.35. The summed E-state index contributed by atoms with van der Waals surface area (Å²) in [5.74, 6) is 1.38. The summed E-state index contributed by atoms with van der Waals surface area (Å²) in [5, 5.41) is 3.92. The molecule has 3 rings (SSSR count). The third-order valence-electron chi connectivity index (χ3n) is 5.82. The number of aromatic nitrogens is 2. The molecular formula is C22H29F3N2O. The van der Waals surface area contributed by atoms with Gasteiger partial charge in [0, 0.05) is 11.5 Å². The first kappa shape index (κ1) is 20.9. The van der Waals surface area contributed by atoms with Crippen molar-refractivity contribution in [1.29, 1.82) is 0 Å². The second kappa shape index (κ2) is 9.10. The monoisotopic (exact) mass is 394 g/mol. The van der Waals surface area contributed by atoms with Gasteiger partial charge in [0.15, 0.2) is 0 Å². The molecule has 1 aromatic heterocycles. The first-order chi connectivity index (χ1) is 13.4. The summed E-state index contributed by atoms with van der Waals surface area (Å²) in [6, 6.07) is 4.45. The maximum Gasteiger partial charge on any atom is 0.416 e. The van der Waals surface area contributed by atoms with Crippen LogP contribution in [0.5, 0.6) is 0 Å². The Kier molecular flexibility index (Phi) is 6.78. The van der Waals surface area contributed by atoms with Crippen molar-refractivity contribution in [2.24, 2.45) is 5.92 Å². The topological polar surface area (TPSA) is 38.9 Å². The molecule has 0 amide bonds. The number of unbranched alkanes of at least 4 members (excludes halogenated alkanes) is 1. The van der Waals surface area contributed by atoms with Gasteiger partial charge >= 0.3 is 6.18 Å². The van der Waals surface area contributed by atoms with Crippen molar-refractivity contribution in [3.8, 4) is 11.4 Å². The van der Waals surface area contributed by atoms with Crippen LogP contribution < -0.4 is 0 Å². The zero-order valence-electron chi connectivity index (χ0n) is 16.7. The van der Waals surface area contributed by atoms with Crippen molar-refractivity contribution < 1.29 is 17.7 Å². The standard InChI is InChI=1S/C22H29F3N2O/c1-3-4-7-15(2)21-26-20(27-28-21)18-13-12-17(19(14-18)22(23,24)25)11-10-16-8-5-6-9-16/h12-16H,3-11H2,1-2H3/t15-/m0/s1. The quantitative estimate of drug-likeness (QED) is 0.476. The number of hydrogen-bond donors (Lipinski definition) is 0. The van der Waals surface area contributed by atoms with Crippen molar-refractivity contribution in [1.82, 2.24) is 10.1 Å². The molecule has 0 radical (unpaired) electrons. The molecule has 1 aromatic carbocycles. The maximum atomic E-state index is 13.7. The smallest absolute Gasteiger partial charge is 0.339 e. The molecule has 3 nitrogen and oxygen atoms in total. The summed E-state index contributed by atoms with van der Waals surface area (Å²) in [6.07, 6.45) is 4.63. The van der Waals surface area contributed by atoms with Gasteiger partial charge in [-0.2, -0.15) is 18.2 Å². The van der Waals surface area contributed by atoms with E-state index in [1.165, 1.54) is 18.9 Å². The second-order valence-corrected chi connectivity index (χ2v) is 8.06. The molecule has 1 fully saturated rings. The van der Waals surface area contributed by atoms with E-state index in [1.807, 2.05) is 6.92 Å². The normalized spacial score (nSPS) is 16.6. The fraction of sp³-hybridized carbons (Fsp3) is 0.636. The highest BCUT2D eigenvalue weighted by molar-refractivity contribution is 5.57. The summed E-state index contributed by atoms with van der Waals surface area (Å²) in [4.78, 5) is 4.35. The predicted octanol–water partition coefficient (Wildman–Crippen LogP) is 7.17. The fourth-order valence-electron chi connectivity index (χ4n) is 4.04. The minimum absolute atomic E-state index is 0.106. The third-order valence-corrected chi connectivity index (χ3v) is 5.82. The van der Waals surface area contributed by atoms with Crippen LogP contribution in [0.25, 0.3) is 11.4 Å². The van der Waals surface area contributed by atoms with Gasteiger partial charge in [-0.1, -0.05) is 69.7 Å². The number of benzene rings is 1. The molecule has 2 aromatic rings. The molecule has 0 unspecified atom stereocenters. The van der Waals surface area contributed by atoms with Crippen molar-refractivity contribution >= 4 is 0 Å². The Morgan fingerprint density at radius 2 is 1.96 bits per heavy atom. The third kappa shape index (κ3) is 5.15. The first-order valence-electron chi connectivity index (χ1n) is 10.4. The number of aryl methyl sites for hydroxylation is 1. The van der Waals surface area contributed by atoms with Crippen LogP contribution in [0.15, 0.2) is 22.7 Å². The minimum Gasteiger partial charge on any atom is -0.339 e. The van der Waals surface area contributed by atoms with E-state index in [1.54, 1.807) is 12.1 Å². The molecule has 6 heteroatoms. The van der Waals surface area contributed by atoms with Crippen molar-refractivity contribution in [2.45, 2.75) is 83.7 Å². The van der Waals surface area contributed by atoms with Gasteiger partial charge in [-0.25, -0.2) is 0 Å². The Hall–Kier alpha value is -1.85. The van der Waals surface area contributed by atoms with E-state index in [9.17, 15) is 13.2 Å². The van der Waals surface area contributed by atoms with E-state index in [4.69, 9.17) is 4.52 Å². The Labute approximate surface area is 164 Å². The van der Waals surface area contributed by atoms with Crippen LogP contribution in [0.2, 0.25) is 0 Å². The molecule has 0 saturated heterocycles. The lowest BCUT2D eigenvalue weighted by atomic mass is 9.94. The highest BCUT2D eigenvalue weighted by Crippen LogP contribution is 2.37. The average molecular weight is 394 g/mol. The fourth-order valence-corrected chi connectivity index (χ4v) is 4.04. The second-order valence-electron chi connectivity index (χ2n) is 8.06. The van der Waals surface area contributed by atoms with E-state index in [2.05, 4.69) is 17.1 Å². The number of nitrogens with zero attached hydrogens (tertiary/aromatic N) is 2. The van der Waals surface area contributed by atoms with Gasteiger partial charge in [0.1, 0.15) is 0 Å². The summed E-state index contributed by atoms with van der Waals surface area (Å²) < 4.78 is 46.3. The van der Waals surface area contributed by atoms with Gasteiger partial charge in [0.25, 0.3) is 0 Å². The summed E-state index contributed by atoms with van der Waals surface area (Å²) >= 11 is 0. The Morgan fingerprint density at radius 1 is 1.21 bits per heavy atom. The van der Waals surface area contributed by atoms with Gasteiger partial charge in [0.2, 0.25) is 11.7 Å². The van der Waals surface area contributed by atoms with E-state index in [0.29, 0.717) is 29.4 Å². The Bertz CT molecular complexity index is 763. The molecule has 1 heterocycles. The van der Waals surface area contributed by atoms with E-state index in [0.717, 1.165) is 38.5 Å². The zero-order chi connectivity index (χ0) is 20.1. The van der Waals surface area contributed by atoms with Crippen LogP contribution >= 0.6 is 0 Å². The van der Waals surface area contributed by atoms with E-state index < -0.39 is 11.7 Å². The number of halogens is 3. The molecule has 0 bridgehead atoms. The van der Waals surface area contributed by atoms with Crippen LogP contribution in [0.3, 0.4) is 0 Å². The molecule has 0 N–H and O–H groups in total. The molecule has 154 valence electrons. The number of rotatable bonds is 8. The van der Waals surface area contributed by atoms with Crippen LogP contribution in [-0.4, -0.2) is 10.1 Å². The van der Waals surface area contributed by atoms with Crippen molar-refractivity contribution in [3.05, 3.63) is 35.2 Å². The maximum absolute atomic E-state index is 13.7. The lowest BCUT2D eigenvalue weighted by Crippen LogP contribution is -2.10. The lowest BCUT2D eigenvalue weighted by Gasteiger charge is -2.15. The molecule has 1 atom stereocenters. The van der Waals surface area contributed by atoms with Crippen LogP contribution in [0.1, 0.15) is 88.1 Å². The SMILES string of the molecule is CCCC[C@H](C)c1nc(-c2ccc(CCC3CCCC3)c(C(F)(F)F)c2)no1. The van der Waals surface area contributed by atoms with Gasteiger partial charge in [-0.3, -0.25) is 0 Å². The van der Waals surface area contributed by atoms with Gasteiger partial charge in [0.05, 0.1) is 5.56 Å². The lowest BCUT2D eigenvalue weighted by molar-refractivity contribution is -0.138. The summed E-state index contributed by atoms with van der Waals surface area (Å²) in [7, 11) is 0. The van der Waals surface area contributed by atoms with Crippen LogP contribution in [0.4, 0.5) is 13.2 Å².